The van der Waals surface area contributed by atoms with Crippen molar-refractivity contribution in [3.63, 3.8) is 0 Å². The first kappa shape index (κ1) is 23.7. The lowest BCUT2D eigenvalue weighted by Gasteiger charge is -2.12. The van der Waals surface area contributed by atoms with E-state index in [1.165, 1.54) is 0 Å². The number of carbonyl (C=O) groups excluding carboxylic acids is 1. The van der Waals surface area contributed by atoms with Crippen molar-refractivity contribution in [2.45, 2.75) is 53.5 Å². The zero-order chi connectivity index (χ0) is 17.8. The molecule has 0 heterocycles. The zero-order valence-corrected chi connectivity index (χ0v) is 18.2. The molecule has 0 radical (unpaired) electrons. The average molecular weight is 460 g/mol. The molecule has 3 N–H and O–H groups in total. The molecule has 0 aromatic heterocycles. The quantitative estimate of drug-likeness (QED) is 0.225. The lowest BCUT2D eigenvalue weighted by molar-refractivity contribution is -0.119. The van der Waals surface area contributed by atoms with Crippen molar-refractivity contribution in [3.8, 4) is 0 Å². The zero-order valence-electron chi connectivity index (χ0n) is 15.9. The minimum atomic E-state index is 0. The predicted molar refractivity (Wildman–Crippen MR) is 118 cm³/mol. The van der Waals surface area contributed by atoms with E-state index >= 15 is 0 Å². The predicted octanol–water partition coefficient (Wildman–Crippen LogP) is 4.14. The number of halogens is 1. The van der Waals surface area contributed by atoms with Crippen molar-refractivity contribution in [2.24, 2.45) is 10.9 Å². The van der Waals surface area contributed by atoms with Gasteiger partial charge in [-0.3, -0.25) is 4.79 Å². The van der Waals surface area contributed by atoms with Crippen LogP contribution in [0.25, 0.3) is 0 Å². The van der Waals surface area contributed by atoms with E-state index in [2.05, 4.69) is 34.8 Å². The van der Waals surface area contributed by atoms with E-state index < -0.39 is 0 Å². The fourth-order valence-corrected chi connectivity index (χ4v) is 2.09. The molecule has 1 aromatic rings. The molecule has 25 heavy (non-hydrogen) atoms. The second-order valence-electron chi connectivity index (χ2n) is 5.97. The van der Waals surface area contributed by atoms with Crippen LogP contribution >= 0.6 is 24.0 Å². The number of amides is 1. The molecule has 0 aliphatic heterocycles. The number of nitrogens with one attached hydrogen (secondary N) is 3. The molecular weight excluding hydrogens is 427 g/mol. The molecule has 1 atom stereocenters. The van der Waals surface area contributed by atoms with E-state index in [0.717, 1.165) is 49.6 Å². The van der Waals surface area contributed by atoms with Gasteiger partial charge in [-0.1, -0.05) is 39.3 Å². The van der Waals surface area contributed by atoms with Crippen LogP contribution in [0.2, 0.25) is 0 Å². The second-order valence-corrected chi connectivity index (χ2v) is 5.97. The highest BCUT2D eigenvalue weighted by molar-refractivity contribution is 14.0. The fraction of sp³-hybridized carbons (Fsp3) is 0.579. The summed E-state index contributed by atoms with van der Waals surface area (Å²) in [5, 5.41) is 9.55. The third-order valence-corrected chi connectivity index (χ3v) is 3.84. The van der Waals surface area contributed by atoms with E-state index in [9.17, 15) is 4.79 Å². The number of aliphatic imine (C=N–C) groups is 1. The van der Waals surface area contributed by atoms with Crippen molar-refractivity contribution in [3.05, 3.63) is 29.8 Å². The Morgan fingerprint density at radius 3 is 2.60 bits per heavy atom. The van der Waals surface area contributed by atoms with Gasteiger partial charge in [0.2, 0.25) is 5.91 Å². The summed E-state index contributed by atoms with van der Waals surface area (Å²) in [6.45, 7) is 10.5. The van der Waals surface area contributed by atoms with Crippen LogP contribution in [0.1, 0.15) is 52.5 Å². The van der Waals surface area contributed by atoms with Crippen molar-refractivity contribution >= 4 is 41.5 Å². The number of hydrogen-bond donors (Lipinski definition) is 3. The molecular formula is C19H33IN4O. The maximum Gasteiger partial charge on any atom is 0.227 e. The Hall–Kier alpha value is -1.31. The average Bonchev–Trinajstić information content (AvgIpc) is 2.59. The molecule has 0 bridgehead atoms. The monoisotopic (exact) mass is 460 g/mol. The second kappa shape index (κ2) is 13.9. The van der Waals surface area contributed by atoms with Crippen molar-refractivity contribution < 1.29 is 4.79 Å². The number of guanidine groups is 1. The van der Waals surface area contributed by atoms with Crippen LogP contribution < -0.4 is 16.0 Å². The van der Waals surface area contributed by atoms with Crippen LogP contribution in [0.4, 0.5) is 5.69 Å². The van der Waals surface area contributed by atoms with E-state index in [1.54, 1.807) is 0 Å². The molecule has 142 valence electrons. The fourth-order valence-electron chi connectivity index (χ4n) is 2.09. The van der Waals surface area contributed by atoms with Crippen molar-refractivity contribution in [1.82, 2.24) is 10.6 Å². The molecule has 0 spiro atoms. The summed E-state index contributed by atoms with van der Waals surface area (Å²) in [7, 11) is 0. The standard InChI is InChI=1S/C19H32N4O.HI/c1-5-8-12-21-19(20-7-3)22-14-16-10-9-11-17(13-16)23-18(24)15(4)6-2;/h9-11,13,15H,5-8,12,14H2,1-4H3,(H,23,24)(H2,20,21,22);1H. The number of carbonyl (C=O) groups is 1. The van der Waals surface area contributed by atoms with Gasteiger partial charge in [-0.2, -0.15) is 0 Å². The summed E-state index contributed by atoms with van der Waals surface area (Å²) < 4.78 is 0. The van der Waals surface area contributed by atoms with E-state index in [1.807, 2.05) is 38.1 Å². The van der Waals surface area contributed by atoms with Crippen LogP contribution in [0.5, 0.6) is 0 Å². The third-order valence-electron chi connectivity index (χ3n) is 3.84. The molecule has 0 aliphatic carbocycles. The number of anilines is 1. The Labute approximate surface area is 169 Å². The highest BCUT2D eigenvalue weighted by atomic mass is 127. The van der Waals surface area contributed by atoms with Crippen LogP contribution in [0.3, 0.4) is 0 Å². The van der Waals surface area contributed by atoms with Gasteiger partial charge in [0.05, 0.1) is 6.54 Å². The Balaban J connectivity index is 0.00000576. The number of rotatable bonds is 9. The minimum absolute atomic E-state index is 0. The molecule has 1 amide bonds. The SMILES string of the molecule is CCCCNC(=NCc1cccc(NC(=O)C(C)CC)c1)NCC.I. The summed E-state index contributed by atoms with van der Waals surface area (Å²) >= 11 is 0. The largest absolute Gasteiger partial charge is 0.357 e. The summed E-state index contributed by atoms with van der Waals surface area (Å²) in [6.07, 6.45) is 3.12. The first-order valence-electron chi connectivity index (χ1n) is 9.02. The van der Waals surface area contributed by atoms with Crippen molar-refractivity contribution in [2.75, 3.05) is 18.4 Å². The molecule has 1 rings (SSSR count). The normalized spacial score (nSPS) is 12.1. The van der Waals surface area contributed by atoms with Gasteiger partial charge in [-0.15, -0.1) is 24.0 Å². The first-order chi connectivity index (χ1) is 11.6. The molecule has 0 fully saturated rings. The Kier molecular flexibility index (Phi) is 13.2. The summed E-state index contributed by atoms with van der Waals surface area (Å²) in [5.41, 5.74) is 1.90. The lowest BCUT2D eigenvalue weighted by Crippen LogP contribution is -2.37. The highest BCUT2D eigenvalue weighted by Crippen LogP contribution is 2.13. The van der Waals surface area contributed by atoms with Gasteiger partial charge in [0, 0.05) is 24.7 Å². The summed E-state index contributed by atoms with van der Waals surface area (Å²) in [5.74, 6) is 0.919. The molecule has 0 saturated heterocycles. The molecule has 0 saturated carbocycles. The molecule has 1 unspecified atom stereocenters. The lowest BCUT2D eigenvalue weighted by atomic mass is 10.1. The minimum Gasteiger partial charge on any atom is -0.357 e. The molecule has 6 heteroatoms. The van der Waals surface area contributed by atoms with Gasteiger partial charge in [-0.25, -0.2) is 4.99 Å². The Morgan fingerprint density at radius 1 is 1.20 bits per heavy atom. The van der Waals surface area contributed by atoms with Crippen LogP contribution in [0, 0.1) is 5.92 Å². The molecule has 1 aromatic carbocycles. The molecule has 0 aliphatic rings. The topological polar surface area (TPSA) is 65.5 Å². The highest BCUT2D eigenvalue weighted by Gasteiger charge is 2.10. The number of nitrogens with zero attached hydrogens (tertiary/aromatic N) is 1. The third kappa shape index (κ3) is 9.67. The Bertz CT molecular complexity index is 534. The molecule has 5 nitrogen and oxygen atoms in total. The van der Waals surface area contributed by atoms with Gasteiger partial charge in [-0.05, 0) is 37.5 Å². The smallest absolute Gasteiger partial charge is 0.227 e. The summed E-state index contributed by atoms with van der Waals surface area (Å²) in [6, 6.07) is 7.88. The number of unbranched alkanes of at least 4 members (excludes halogenated alkanes) is 1. The van der Waals surface area contributed by atoms with Gasteiger partial charge < -0.3 is 16.0 Å². The maximum atomic E-state index is 12.0. The van der Waals surface area contributed by atoms with Crippen LogP contribution in [0.15, 0.2) is 29.3 Å². The number of hydrogen-bond acceptors (Lipinski definition) is 2. The van der Waals surface area contributed by atoms with E-state index in [-0.39, 0.29) is 35.8 Å². The Morgan fingerprint density at radius 2 is 1.96 bits per heavy atom. The number of benzene rings is 1. The van der Waals surface area contributed by atoms with Gasteiger partial charge >= 0.3 is 0 Å². The van der Waals surface area contributed by atoms with Gasteiger partial charge in [0.1, 0.15) is 0 Å². The van der Waals surface area contributed by atoms with E-state index in [4.69, 9.17) is 0 Å². The van der Waals surface area contributed by atoms with Crippen LogP contribution in [-0.4, -0.2) is 25.0 Å². The van der Waals surface area contributed by atoms with Gasteiger partial charge in [0.25, 0.3) is 0 Å². The first-order valence-corrected chi connectivity index (χ1v) is 9.02. The van der Waals surface area contributed by atoms with Crippen molar-refractivity contribution in [1.29, 1.82) is 0 Å². The van der Waals surface area contributed by atoms with E-state index in [0.29, 0.717) is 6.54 Å². The van der Waals surface area contributed by atoms with Crippen LogP contribution in [-0.2, 0) is 11.3 Å². The maximum absolute atomic E-state index is 12.0. The summed E-state index contributed by atoms with van der Waals surface area (Å²) in [4.78, 5) is 16.6. The van der Waals surface area contributed by atoms with Gasteiger partial charge in [0.15, 0.2) is 5.96 Å².